The van der Waals surface area contributed by atoms with Crippen LogP contribution in [0.5, 0.6) is 0 Å². The first-order valence-electron chi connectivity index (χ1n) is 6.75. The molecule has 9 heteroatoms. The van der Waals surface area contributed by atoms with E-state index in [1.165, 1.54) is 16.4 Å². The monoisotopic (exact) mass is 349 g/mol. The van der Waals surface area contributed by atoms with Gasteiger partial charge in [0.1, 0.15) is 0 Å². The van der Waals surface area contributed by atoms with Crippen LogP contribution in [0, 0.1) is 23.0 Å². The molecular weight excluding hydrogens is 330 g/mol. The second-order valence-electron chi connectivity index (χ2n) is 5.44. The Balaban J connectivity index is 0.00000242. The summed E-state index contributed by atoms with van der Waals surface area (Å²) in [6, 6.07) is 4.08. The van der Waals surface area contributed by atoms with E-state index in [0.29, 0.717) is 25.1 Å². The molecule has 1 fully saturated rings. The Hall–Kier alpha value is -1.22. The predicted molar refractivity (Wildman–Crippen MR) is 85.6 cm³/mol. The van der Waals surface area contributed by atoms with Crippen LogP contribution < -0.4 is 5.73 Å². The molecule has 124 valence electrons. The fraction of sp³-hybridized carbons (Fsp3) is 0.538. The molecule has 0 aromatic heterocycles. The molecule has 1 saturated heterocycles. The Morgan fingerprint density at radius 1 is 1.45 bits per heavy atom. The minimum atomic E-state index is -3.90. The molecule has 22 heavy (non-hydrogen) atoms. The first-order valence-corrected chi connectivity index (χ1v) is 8.19. The molecule has 2 unspecified atom stereocenters. The SMILES string of the molecule is Cc1cccc([N+](=O)[O-])c1S(=O)(=O)N1CC(CN)CC1C.Cl. The number of hydrogen-bond acceptors (Lipinski definition) is 5. The third-order valence-electron chi connectivity index (χ3n) is 3.89. The summed E-state index contributed by atoms with van der Waals surface area (Å²) in [6.45, 7) is 4.09. The van der Waals surface area contributed by atoms with Crippen LogP contribution in [0.3, 0.4) is 0 Å². The number of nitrogens with two attached hydrogens (primary N) is 1. The van der Waals surface area contributed by atoms with E-state index >= 15 is 0 Å². The summed E-state index contributed by atoms with van der Waals surface area (Å²) in [4.78, 5) is 10.3. The van der Waals surface area contributed by atoms with Gasteiger partial charge >= 0.3 is 0 Å². The fourth-order valence-corrected chi connectivity index (χ4v) is 4.93. The van der Waals surface area contributed by atoms with Gasteiger partial charge in [0.2, 0.25) is 10.0 Å². The Labute approximate surface area is 136 Å². The highest BCUT2D eigenvalue weighted by Crippen LogP contribution is 2.34. The van der Waals surface area contributed by atoms with Crippen molar-refractivity contribution < 1.29 is 13.3 Å². The molecule has 1 heterocycles. The molecule has 1 aliphatic rings. The summed E-state index contributed by atoms with van der Waals surface area (Å²) in [5, 5.41) is 11.1. The van der Waals surface area contributed by atoms with E-state index in [4.69, 9.17) is 5.73 Å². The van der Waals surface area contributed by atoms with Gasteiger partial charge in [0, 0.05) is 18.7 Å². The van der Waals surface area contributed by atoms with Crippen molar-refractivity contribution in [3.63, 3.8) is 0 Å². The summed E-state index contributed by atoms with van der Waals surface area (Å²) in [5.74, 6) is 0.0952. The first kappa shape index (κ1) is 18.8. The van der Waals surface area contributed by atoms with Gasteiger partial charge in [0.25, 0.3) is 5.69 Å². The van der Waals surface area contributed by atoms with E-state index in [2.05, 4.69) is 0 Å². The van der Waals surface area contributed by atoms with Crippen LogP contribution in [-0.2, 0) is 10.0 Å². The van der Waals surface area contributed by atoms with Crippen LogP contribution in [0.25, 0.3) is 0 Å². The lowest BCUT2D eigenvalue weighted by Gasteiger charge is -2.21. The number of nitro benzene ring substituents is 1. The van der Waals surface area contributed by atoms with E-state index in [0.717, 1.165) is 0 Å². The van der Waals surface area contributed by atoms with Gasteiger partial charge in [-0.2, -0.15) is 4.31 Å². The smallest absolute Gasteiger partial charge is 0.289 e. The van der Waals surface area contributed by atoms with Gasteiger partial charge in [-0.25, -0.2) is 8.42 Å². The molecule has 0 bridgehead atoms. The number of sulfonamides is 1. The molecule has 0 saturated carbocycles. The van der Waals surface area contributed by atoms with Crippen LogP contribution in [0.1, 0.15) is 18.9 Å². The van der Waals surface area contributed by atoms with Crippen molar-refractivity contribution in [1.29, 1.82) is 0 Å². The average molecular weight is 350 g/mol. The van der Waals surface area contributed by atoms with Crippen molar-refractivity contribution in [2.75, 3.05) is 13.1 Å². The summed E-state index contributed by atoms with van der Waals surface area (Å²) >= 11 is 0. The lowest BCUT2D eigenvalue weighted by molar-refractivity contribution is -0.387. The van der Waals surface area contributed by atoms with E-state index < -0.39 is 14.9 Å². The zero-order chi connectivity index (χ0) is 15.8. The minimum absolute atomic E-state index is 0. The van der Waals surface area contributed by atoms with Crippen molar-refractivity contribution in [2.45, 2.75) is 31.2 Å². The first-order chi connectivity index (χ1) is 9.78. The Bertz CT molecular complexity index is 665. The summed E-state index contributed by atoms with van der Waals surface area (Å²) in [7, 11) is -3.90. The Kier molecular flexibility index (Phi) is 5.91. The Morgan fingerprint density at radius 2 is 2.09 bits per heavy atom. The number of nitro groups is 1. The lowest BCUT2D eigenvalue weighted by Crippen LogP contribution is -2.35. The minimum Gasteiger partial charge on any atom is -0.330 e. The molecule has 0 spiro atoms. The zero-order valence-corrected chi connectivity index (χ0v) is 14.1. The molecule has 2 atom stereocenters. The molecule has 1 aliphatic heterocycles. The quantitative estimate of drug-likeness (QED) is 0.657. The van der Waals surface area contributed by atoms with Crippen LogP contribution in [-0.4, -0.2) is 36.8 Å². The maximum Gasteiger partial charge on any atom is 0.289 e. The van der Waals surface area contributed by atoms with Crippen molar-refractivity contribution in [3.05, 3.63) is 33.9 Å². The standard InChI is InChI=1S/C13H19N3O4S.ClH/c1-9-4-3-5-12(16(17)18)13(9)21(19,20)15-8-11(7-14)6-10(15)2;/h3-5,10-11H,6-8,14H2,1-2H3;1H. The fourth-order valence-electron chi connectivity index (χ4n) is 2.85. The van der Waals surface area contributed by atoms with Gasteiger partial charge in [-0.15, -0.1) is 12.4 Å². The van der Waals surface area contributed by atoms with Crippen molar-refractivity contribution >= 4 is 28.1 Å². The maximum absolute atomic E-state index is 12.8. The second kappa shape index (κ2) is 6.91. The topological polar surface area (TPSA) is 107 Å². The van der Waals surface area contributed by atoms with Gasteiger partial charge < -0.3 is 5.73 Å². The number of benzene rings is 1. The highest BCUT2D eigenvalue weighted by Gasteiger charge is 2.40. The molecule has 7 nitrogen and oxygen atoms in total. The highest BCUT2D eigenvalue weighted by atomic mass is 35.5. The van der Waals surface area contributed by atoms with Gasteiger partial charge in [0.15, 0.2) is 4.90 Å². The van der Waals surface area contributed by atoms with Crippen LogP contribution in [0.2, 0.25) is 0 Å². The highest BCUT2D eigenvalue weighted by molar-refractivity contribution is 7.89. The molecule has 2 N–H and O–H groups in total. The van der Waals surface area contributed by atoms with Gasteiger partial charge in [-0.05, 0) is 38.3 Å². The van der Waals surface area contributed by atoms with E-state index in [1.807, 2.05) is 0 Å². The molecule has 0 radical (unpaired) electrons. The van der Waals surface area contributed by atoms with Gasteiger partial charge in [-0.1, -0.05) is 12.1 Å². The zero-order valence-electron chi connectivity index (χ0n) is 12.4. The molecule has 1 aromatic carbocycles. The van der Waals surface area contributed by atoms with Crippen molar-refractivity contribution in [2.24, 2.45) is 11.7 Å². The van der Waals surface area contributed by atoms with E-state index in [-0.39, 0.29) is 34.9 Å². The number of nitrogens with zero attached hydrogens (tertiary/aromatic N) is 2. The summed E-state index contributed by atoms with van der Waals surface area (Å²) in [6.07, 6.45) is 0.676. The maximum atomic E-state index is 12.8. The van der Waals surface area contributed by atoms with Crippen molar-refractivity contribution in [3.8, 4) is 0 Å². The number of halogens is 1. The van der Waals surface area contributed by atoms with Crippen LogP contribution in [0.15, 0.2) is 23.1 Å². The molecule has 0 amide bonds. The third kappa shape index (κ3) is 3.24. The number of rotatable bonds is 4. The molecule has 0 aliphatic carbocycles. The van der Waals surface area contributed by atoms with Gasteiger partial charge in [-0.3, -0.25) is 10.1 Å². The van der Waals surface area contributed by atoms with Crippen molar-refractivity contribution in [1.82, 2.24) is 4.31 Å². The predicted octanol–water partition coefficient (Wildman–Crippen LogP) is 1.68. The average Bonchev–Trinajstić information content (AvgIpc) is 2.80. The van der Waals surface area contributed by atoms with Crippen LogP contribution in [0.4, 0.5) is 5.69 Å². The van der Waals surface area contributed by atoms with E-state index in [1.54, 1.807) is 19.9 Å². The summed E-state index contributed by atoms with van der Waals surface area (Å²) < 4.78 is 27.0. The lowest BCUT2D eigenvalue weighted by atomic mass is 10.1. The van der Waals surface area contributed by atoms with E-state index in [9.17, 15) is 18.5 Å². The Morgan fingerprint density at radius 3 is 2.59 bits per heavy atom. The number of aryl methyl sites for hydroxylation is 1. The summed E-state index contributed by atoms with van der Waals surface area (Å²) in [5.41, 5.74) is 5.62. The van der Waals surface area contributed by atoms with Crippen LogP contribution >= 0.6 is 12.4 Å². The third-order valence-corrected chi connectivity index (χ3v) is 6.07. The molecule has 1 aromatic rings. The largest absolute Gasteiger partial charge is 0.330 e. The number of hydrogen-bond donors (Lipinski definition) is 1. The molecular formula is C13H20ClN3O4S. The molecule has 2 rings (SSSR count). The normalized spacial score (nSPS) is 22.3. The van der Waals surface area contributed by atoms with Gasteiger partial charge in [0.05, 0.1) is 4.92 Å². The second-order valence-corrected chi connectivity index (χ2v) is 7.27.